The Kier molecular flexibility index (Phi) is 4.90. The van der Waals surface area contributed by atoms with E-state index in [0.29, 0.717) is 5.92 Å². The highest BCUT2D eigenvalue weighted by Gasteiger charge is 2.28. The summed E-state index contributed by atoms with van der Waals surface area (Å²) in [6.07, 6.45) is 5.65. The summed E-state index contributed by atoms with van der Waals surface area (Å²) in [7, 11) is 0. The Morgan fingerprint density at radius 2 is 1.80 bits per heavy atom. The largest absolute Gasteiger partial charge is 0.392 e. The van der Waals surface area contributed by atoms with Gasteiger partial charge in [0.05, 0.1) is 6.10 Å². The lowest BCUT2D eigenvalue weighted by atomic mass is 9.86. The predicted octanol–water partition coefficient (Wildman–Crippen LogP) is 4.71. The SMILES string of the molecule is CCC1CCC(C(O)Cc2ccc(C(C)(C)C)cc2)C1. The van der Waals surface area contributed by atoms with Crippen molar-refractivity contribution in [1.29, 1.82) is 0 Å². The average Bonchev–Trinajstić information content (AvgIpc) is 2.87. The van der Waals surface area contributed by atoms with Gasteiger partial charge in [-0.1, -0.05) is 64.8 Å². The first kappa shape index (κ1) is 15.6. The molecule has 0 saturated heterocycles. The minimum Gasteiger partial charge on any atom is -0.392 e. The van der Waals surface area contributed by atoms with E-state index >= 15 is 0 Å². The molecule has 3 atom stereocenters. The van der Waals surface area contributed by atoms with E-state index in [2.05, 4.69) is 52.0 Å². The van der Waals surface area contributed by atoms with Crippen LogP contribution in [0.15, 0.2) is 24.3 Å². The van der Waals surface area contributed by atoms with Gasteiger partial charge in [-0.05, 0) is 47.6 Å². The molecule has 0 bridgehead atoms. The van der Waals surface area contributed by atoms with Crippen LogP contribution < -0.4 is 0 Å². The molecular formula is C19H30O. The van der Waals surface area contributed by atoms with Gasteiger partial charge in [-0.15, -0.1) is 0 Å². The molecule has 0 spiro atoms. The number of aliphatic hydroxyl groups excluding tert-OH is 1. The van der Waals surface area contributed by atoms with Gasteiger partial charge < -0.3 is 5.11 Å². The van der Waals surface area contributed by atoms with E-state index in [9.17, 15) is 5.11 Å². The molecule has 0 aliphatic heterocycles. The van der Waals surface area contributed by atoms with Crippen molar-refractivity contribution in [3.8, 4) is 0 Å². The number of aliphatic hydroxyl groups is 1. The Balaban J connectivity index is 1.93. The van der Waals surface area contributed by atoms with E-state index in [4.69, 9.17) is 0 Å². The number of hydrogen-bond acceptors (Lipinski definition) is 1. The minimum absolute atomic E-state index is 0.160. The van der Waals surface area contributed by atoms with Crippen molar-refractivity contribution in [2.24, 2.45) is 11.8 Å². The quantitative estimate of drug-likeness (QED) is 0.842. The first-order chi connectivity index (χ1) is 9.40. The van der Waals surface area contributed by atoms with Gasteiger partial charge in [0.2, 0.25) is 0 Å². The zero-order valence-electron chi connectivity index (χ0n) is 13.5. The van der Waals surface area contributed by atoms with Crippen LogP contribution in [0.4, 0.5) is 0 Å². The van der Waals surface area contributed by atoms with Crippen LogP contribution in [0.2, 0.25) is 0 Å². The summed E-state index contributed by atoms with van der Waals surface area (Å²) in [4.78, 5) is 0. The molecule has 0 amide bonds. The molecule has 3 unspecified atom stereocenters. The third-order valence-corrected chi connectivity index (χ3v) is 4.97. The van der Waals surface area contributed by atoms with Crippen LogP contribution in [0.25, 0.3) is 0 Å². The first-order valence-corrected chi connectivity index (χ1v) is 8.17. The Morgan fingerprint density at radius 1 is 1.15 bits per heavy atom. The highest BCUT2D eigenvalue weighted by molar-refractivity contribution is 5.27. The standard InChI is InChI=1S/C19H30O/c1-5-14-6-9-16(12-14)18(20)13-15-7-10-17(11-8-15)19(2,3)4/h7-8,10-11,14,16,18,20H,5-6,9,12-13H2,1-4H3. The maximum Gasteiger partial charge on any atom is 0.0608 e. The van der Waals surface area contributed by atoms with Gasteiger partial charge in [0, 0.05) is 0 Å². The summed E-state index contributed by atoms with van der Waals surface area (Å²) in [6.45, 7) is 8.98. The normalized spacial score (nSPS) is 24.9. The van der Waals surface area contributed by atoms with Crippen molar-refractivity contribution < 1.29 is 5.11 Å². The second kappa shape index (κ2) is 6.30. The molecule has 1 aliphatic carbocycles. The van der Waals surface area contributed by atoms with E-state index in [1.807, 2.05) is 0 Å². The molecule has 1 saturated carbocycles. The van der Waals surface area contributed by atoms with Crippen molar-refractivity contribution in [3.63, 3.8) is 0 Å². The van der Waals surface area contributed by atoms with E-state index in [1.165, 1.54) is 36.8 Å². The molecule has 112 valence electrons. The first-order valence-electron chi connectivity index (χ1n) is 8.17. The number of benzene rings is 1. The molecule has 0 aromatic heterocycles. The molecule has 1 aromatic carbocycles. The van der Waals surface area contributed by atoms with Crippen LogP contribution in [0, 0.1) is 11.8 Å². The number of rotatable bonds is 4. The smallest absolute Gasteiger partial charge is 0.0608 e. The molecule has 2 rings (SSSR count). The third kappa shape index (κ3) is 3.85. The van der Waals surface area contributed by atoms with Gasteiger partial charge in [-0.3, -0.25) is 0 Å². The number of hydrogen-bond donors (Lipinski definition) is 1. The van der Waals surface area contributed by atoms with Crippen molar-refractivity contribution in [2.45, 2.75) is 71.3 Å². The van der Waals surface area contributed by atoms with Gasteiger partial charge in [-0.25, -0.2) is 0 Å². The average molecular weight is 274 g/mol. The van der Waals surface area contributed by atoms with Crippen molar-refractivity contribution in [3.05, 3.63) is 35.4 Å². The van der Waals surface area contributed by atoms with E-state index in [0.717, 1.165) is 12.3 Å². The van der Waals surface area contributed by atoms with E-state index in [1.54, 1.807) is 0 Å². The molecule has 1 nitrogen and oxygen atoms in total. The topological polar surface area (TPSA) is 20.2 Å². The lowest BCUT2D eigenvalue weighted by Gasteiger charge is -2.21. The Labute approximate surface area is 124 Å². The predicted molar refractivity (Wildman–Crippen MR) is 86.0 cm³/mol. The molecule has 1 N–H and O–H groups in total. The van der Waals surface area contributed by atoms with Crippen molar-refractivity contribution >= 4 is 0 Å². The van der Waals surface area contributed by atoms with Gasteiger partial charge in [0.1, 0.15) is 0 Å². The Bertz CT molecular complexity index is 412. The van der Waals surface area contributed by atoms with Crippen LogP contribution in [0.1, 0.15) is 64.5 Å². The highest BCUT2D eigenvalue weighted by Crippen LogP contribution is 2.35. The van der Waals surface area contributed by atoms with E-state index in [-0.39, 0.29) is 11.5 Å². The highest BCUT2D eigenvalue weighted by atomic mass is 16.3. The van der Waals surface area contributed by atoms with Crippen LogP contribution in [-0.2, 0) is 11.8 Å². The maximum atomic E-state index is 10.4. The molecule has 1 aromatic rings. The molecule has 1 aliphatic rings. The summed E-state index contributed by atoms with van der Waals surface area (Å²) in [6, 6.07) is 8.81. The zero-order chi connectivity index (χ0) is 14.8. The molecule has 0 heterocycles. The summed E-state index contributed by atoms with van der Waals surface area (Å²) >= 11 is 0. The van der Waals surface area contributed by atoms with Crippen LogP contribution in [-0.4, -0.2) is 11.2 Å². The second-order valence-corrected chi connectivity index (χ2v) is 7.57. The minimum atomic E-state index is -0.160. The summed E-state index contributed by atoms with van der Waals surface area (Å²) < 4.78 is 0. The van der Waals surface area contributed by atoms with Crippen LogP contribution >= 0.6 is 0 Å². The van der Waals surface area contributed by atoms with Crippen LogP contribution in [0.5, 0.6) is 0 Å². The zero-order valence-corrected chi connectivity index (χ0v) is 13.5. The second-order valence-electron chi connectivity index (χ2n) is 7.57. The summed E-state index contributed by atoms with van der Waals surface area (Å²) in [5.41, 5.74) is 2.84. The molecule has 1 heteroatoms. The Morgan fingerprint density at radius 3 is 2.30 bits per heavy atom. The summed E-state index contributed by atoms with van der Waals surface area (Å²) in [5, 5.41) is 10.4. The van der Waals surface area contributed by atoms with Gasteiger partial charge >= 0.3 is 0 Å². The fourth-order valence-corrected chi connectivity index (χ4v) is 3.38. The van der Waals surface area contributed by atoms with Gasteiger partial charge in [0.25, 0.3) is 0 Å². The van der Waals surface area contributed by atoms with Crippen molar-refractivity contribution in [1.82, 2.24) is 0 Å². The lowest BCUT2D eigenvalue weighted by Crippen LogP contribution is -2.21. The third-order valence-electron chi connectivity index (χ3n) is 4.97. The molecule has 0 radical (unpaired) electrons. The molecule has 1 fully saturated rings. The fraction of sp³-hybridized carbons (Fsp3) is 0.684. The fourth-order valence-electron chi connectivity index (χ4n) is 3.38. The molecule has 20 heavy (non-hydrogen) atoms. The van der Waals surface area contributed by atoms with E-state index < -0.39 is 0 Å². The molecular weight excluding hydrogens is 244 g/mol. The monoisotopic (exact) mass is 274 g/mol. The maximum absolute atomic E-state index is 10.4. The lowest BCUT2D eigenvalue weighted by molar-refractivity contribution is 0.108. The van der Waals surface area contributed by atoms with Crippen molar-refractivity contribution in [2.75, 3.05) is 0 Å². The van der Waals surface area contributed by atoms with Crippen LogP contribution in [0.3, 0.4) is 0 Å². The summed E-state index contributed by atoms with van der Waals surface area (Å²) in [5.74, 6) is 1.36. The van der Waals surface area contributed by atoms with Gasteiger partial charge in [0.15, 0.2) is 0 Å². The van der Waals surface area contributed by atoms with Gasteiger partial charge in [-0.2, -0.15) is 0 Å². The Hall–Kier alpha value is -0.820.